The molecule has 92 valence electrons. The third-order valence-corrected chi connectivity index (χ3v) is 3.49. The first-order chi connectivity index (χ1) is 8.35. The molecule has 2 heteroatoms. The highest BCUT2D eigenvalue weighted by molar-refractivity contribution is 5.18. The summed E-state index contributed by atoms with van der Waals surface area (Å²) in [7, 11) is 0. The lowest BCUT2D eigenvalue weighted by molar-refractivity contribution is 0.0217. The van der Waals surface area contributed by atoms with E-state index in [0.29, 0.717) is 5.92 Å². The first-order valence-electron chi connectivity index (χ1n) is 6.33. The standard InChI is InChI=1S/C15H20O2/c1-2-12-11-15(13-7-4-3-5-8-13)17-14(12)9-6-10-16/h3-5,7,13-16H,1,6,8-11H2. The van der Waals surface area contributed by atoms with Gasteiger partial charge in [0.25, 0.3) is 0 Å². The van der Waals surface area contributed by atoms with Crippen molar-refractivity contribution in [1.29, 1.82) is 0 Å². The van der Waals surface area contributed by atoms with Gasteiger partial charge in [0.15, 0.2) is 0 Å². The van der Waals surface area contributed by atoms with E-state index in [1.54, 1.807) is 0 Å². The largest absolute Gasteiger partial charge is 0.396 e. The predicted molar refractivity (Wildman–Crippen MR) is 68.6 cm³/mol. The summed E-state index contributed by atoms with van der Waals surface area (Å²) in [4.78, 5) is 0. The summed E-state index contributed by atoms with van der Waals surface area (Å²) in [5, 5.41) is 8.88. The maximum absolute atomic E-state index is 8.88. The lowest BCUT2D eigenvalue weighted by Gasteiger charge is -2.20. The van der Waals surface area contributed by atoms with Crippen molar-refractivity contribution < 1.29 is 9.84 Å². The molecule has 1 fully saturated rings. The van der Waals surface area contributed by atoms with Crippen LogP contribution in [0.5, 0.6) is 0 Å². The zero-order chi connectivity index (χ0) is 12.1. The average molecular weight is 232 g/mol. The van der Waals surface area contributed by atoms with Gasteiger partial charge in [0, 0.05) is 24.5 Å². The number of allylic oxidation sites excluding steroid dienone is 3. The fraction of sp³-hybridized carbons (Fsp3) is 0.533. The average Bonchev–Trinajstić information content (AvgIpc) is 2.80. The van der Waals surface area contributed by atoms with Crippen LogP contribution in [-0.4, -0.2) is 23.9 Å². The normalized spacial score (nSPS) is 31.8. The summed E-state index contributed by atoms with van der Waals surface area (Å²) >= 11 is 0. The van der Waals surface area contributed by atoms with E-state index in [1.807, 2.05) is 0 Å². The van der Waals surface area contributed by atoms with Gasteiger partial charge < -0.3 is 9.84 Å². The summed E-state index contributed by atoms with van der Waals surface area (Å²) in [5.41, 5.74) is 4.18. The second-order valence-electron chi connectivity index (χ2n) is 4.65. The lowest BCUT2D eigenvalue weighted by Crippen LogP contribution is -2.20. The van der Waals surface area contributed by atoms with E-state index < -0.39 is 0 Å². The molecule has 2 aliphatic rings. The quantitative estimate of drug-likeness (QED) is 0.755. The number of aliphatic hydroxyl groups excluding tert-OH is 1. The molecule has 0 spiro atoms. The molecule has 0 bridgehead atoms. The van der Waals surface area contributed by atoms with Crippen molar-refractivity contribution in [1.82, 2.24) is 0 Å². The maximum atomic E-state index is 8.88. The Hall–Kier alpha value is -1.08. The van der Waals surface area contributed by atoms with Crippen LogP contribution in [0.25, 0.3) is 0 Å². The molecule has 2 nitrogen and oxygen atoms in total. The van der Waals surface area contributed by atoms with Crippen molar-refractivity contribution >= 4 is 0 Å². The first-order valence-corrected chi connectivity index (χ1v) is 6.33. The van der Waals surface area contributed by atoms with Crippen LogP contribution in [0.4, 0.5) is 0 Å². The number of hydrogen-bond donors (Lipinski definition) is 1. The van der Waals surface area contributed by atoms with Crippen LogP contribution in [0.1, 0.15) is 25.7 Å². The fourth-order valence-electron chi connectivity index (χ4n) is 2.52. The minimum atomic E-state index is 0.115. The Labute approximate surface area is 103 Å². The highest BCUT2D eigenvalue weighted by Gasteiger charge is 2.33. The van der Waals surface area contributed by atoms with Gasteiger partial charge in [-0.2, -0.15) is 0 Å². The third kappa shape index (κ3) is 2.98. The Kier molecular flexibility index (Phi) is 4.38. The molecular formula is C15H20O2. The van der Waals surface area contributed by atoms with E-state index in [2.05, 4.69) is 36.6 Å². The third-order valence-electron chi connectivity index (χ3n) is 3.49. The molecular weight excluding hydrogens is 212 g/mol. The van der Waals surface area contributed by atoms with Crippen LogP contribution >= 0.6 is 0 Å². The zero-order valence-corrected chi connectivity index (χ0v) is 10.1. The molecule has 3 unspecified atom stereocenters. The van der Waals surface area contributed by atoms with Gasteiger partial charge in [-0.25, -0.2) is 0 Å². The Morgan fingerprint density at radius 2 is 2.35 bits per heavy atom. The molecule has 1 aliphatic heterocycles. The number of hydrogen-bond acceptors (Lipinski definition) is 2. The molecule has 0 saturated carbocycles. The number of aliphatic hydroxyl groups is 1. The second kappa shape index (κ2) is 6.02. The van der Waals surface area contributed by atoms with Gasteiger partial charge in [0.2, 0.25) is 0 Å². The molecule has 1 saturated heterocycles. The highest BCUT2D eigenvalue weighted by Crippen LogP contribution is 2.34. The molecule has 1 aliphatic carbocycles. The molecule has 0 aromatic carbocycles. The smallest absolute Gasteiger partial charge is 0.0864 e. The van der Waals surface area contributed by atoms with Crippen molar-refractivity contribution in [3.05, 3.63) is 42.2 Å². The molecule has 0 amide bonds. The van der Waals surface area contributed by atoms with Crippen molar-refractivity contribution in [2.24, 2.45) is 5.92 Å². The van der Waals surface area contributed by atoms with Crippen molar-refractivity contribution in [2.45, 2.75) is 37.9 Å². The van der Waals surface area contributed by atoms with E-state index in [9.17, 15) is 0 Å². The molecule has 3 atom stereocenters. The van der Waals surface area contributed by atoms with Gasteiger partial charge in [-0.15, -0.1) is 5.73 Å². The van der Waals surface area contributed by atoms with Gasteiger partial charge in [-0.05, 0) is 19.3 Å². The molecule has 2 rings (SSSR count). The SMILES string of the molecule is C=C=C1CC(C2C=CC=CC2)OC1CCCO. The lowest BCUT2D eigenvalue weighted by atomic mass is 9.91. The van der Waals surface area contributed by atoms with Crippen LogP contribution < -0.4 is 0 Å². The monoisotopic (exact) mass is 232 g/mol. The Balaban J connectivity index is 1.97. The van der Waals surface area contributed by atoms with Gasteiger partial charge in [-0.1, -0.05) is 30.9 Å². The van der Waals surface area contributed by atoms with Crippen LogP contribution in [0.2, 0.25) is 0 Å². The van der Waals surface area contributed by atoms with Crippen LogP contribution in [0.15, 0.2) is 42.2 Å². The molecule has 17 heavy (non-hydrogen) atoms. The predicted octanol–water partition coefficient (Wildman–Crippen LogP) is 2.76. The van der Waals surface area contributed by atoms with Gasteiger partial charge in [-0.3, -0.25) is 0 Å². The fourth-order valence-corrected chi connectivity index (χ4v) is 2.52. The summed E-state index contributed by atoms with van der Waals surface area (Å²) in [6.07, 6.45) is 12.6. The van der Waals surface area contributed by atoms with E-state index >= 15 is 0 Å². The van der Waals surface area contributed by atoms with Gasteiger partial charge >= 0.3 is 0 Å². The molecule has 0 aromatic rings. The highest BCUT2D eigenvalue weighted by atomic mass is 16.5. The maximum Gasteiger partial charge on any atom is 0.0864 e. The van der Waals surface area contributed by atoms with E-state index in [0.717, 1.165) is 25.7 Å². The van der Waals surface area contributed by atoms with E-state index in [4.69, 9.17) is 9.84 Å². The number of rotatable bonds is 4. The summed E-state index contributed by atoms with van der Waals surface area (Å²) in [5.74, 6) is 0.475. The Bertz CT molecular complexity index is 361. The minimum Gasteiger partial charge on any atom is -0.396 e. The Morgan fingerprint density at radius 3 is 3.00 bits per heavy atom. The van der Waals surface area contributed by atoms with Gasteiger partial charge in [0.05, 0.1) is 12.2 Å². The second-order valence-corrected chi connectivity index (χ2v) is 4.65. The Morgan fingerprint density at radius 1 is 1.47 bits per heavy atom. The van der Waals surface area contributed by atoms with Crippen molar-refractivity contribution in [3.63, 3.8) is 0 Å². The summed E-state index contributed by atoms with van der Waals surface area (Å²) < 4.78 is 6.07. The van der Waals surface area contributed by atoms with E-state index in [-0.39, 0.29) is 18.8 Å². The molecule has 0 aromatic heterocycles. The first kappa shape index (κ1) is 12.4. The van der Waals surface area contributed by atoms with Crippen LogP contribution in [0, 0.1) is 5.92 Å². The molecule has 1 N–H and O–H groups in total. The zero-order valence-electron chi connectivity index (χ0n) is 10.1. The van der Waals surface area contributed by atoms with E-state index in [1.165, 1.54) is 5.57 Å². The topological polar surface area (TPSA) is 29.5 Å². The van der Waals surface area contributed by atoms with Gasteiger partial charge in [0.1, 0.15) is 0 Å². The summed E-state index contributed by atoms with van der Waals surface area (Å²) in [6.45, 7) is 3.97. The van der Waals surface area contributed by atoms with Crippen LogP contribution in [0.3, 0.4) is 0 Å². The van der Waals surface area contributed by atoms with Crippen LogP contribution in [-0.2, 0) is 4.74 Å². The molecule has 1 heterocycles. The minimum absolute atomic E-state index is 0.115. The van der Waals surface area contributed by atoms with Crippen molar-refractivity contribution in [3.8, 4) is 0 Å². The number of ether oxygens (including phenoxy) is 1. The molecule has 0 radical (unpaired) electrons. The summed E-state index contributed by atoms with van der Waals surface area (Å²) in [6, 6.07) is 0. The van der Waals surface area contributed by atoms with Crippen molar-refractivity contribution in [2.75, 3.05) is 6.61 Å².